The number of benzene rings is 1. The minimum absolute atomic E-state index is 0.256. The second-order valence-electron chi connectivity index (χ2n) is 3.49. The number of carbonyl (C=O) groups excluding carboxylic acids is 1. The van der Waals surface area contributed by atoms with Gasteiger partial charge in [-0.2, -0.15) is 0 Å². The van der Waals surface area contributed by atoms with Gasteiger partial charge in [0.05, 0.1) is 0 Å². The van der Waals surface area contributed by atoms with Crippen molar-refractivity contribution >= 4 is 40.2 Å². The Balaban J connectivity index is 2.22. The largest absolute Gasteiger partial charge is 0.480 e. The van der Waals surface area contributed by atoms with Gasteiger partial charge in [-0.05, 0) is 5.56 Å². The van der Waals surface area contributed by atoms with E-state index in [1.165, 1.54) is 11.8 Å². The molecule has 1 aromatic carbocycles. The lowest BCUT2D eigenvalue weighted by atomic mass is 10.1. The number of thiocarbonyl (C=S) groups is 1. The normalized spacial score (nSPS) is 19.8. The van der Waals surface area contributed by atoms with Crippen molar-refractivity contribution in [3.8, 4) is 0 Å². The fourth-order valence-corrected chi connectivity index (χ4v) is 3.01. The fourth-order valence-electron chi connectivity index (χ4n) is 1.56. The van der Waals surface area contributed by atoms with Gasteiger partial charge in [0.2, 0.25) is 5.91 Å². The summed E-state index contributed by atoms with van der Waals surface area (Å²) in [5.41, 5.74) is 0.845. The summed E-state index contributed by atoms with van der Waals surface area (Å²) in [4.78, 5) is 23.8. The van der Waals surface area contributed by atoms with E-state index in [0.717, 1.165) is 10.5 Å². The highest BCUT2D eigenvalue weighted by Gasteiger charge is 2.38. The third-order valence-corrected chi connectivity index (χ3v) is 3.97. The van der Waals surface area contributed by atoms with Gasteiger partial charge < -0.3 is 5.11 Å². The predicted octanol–water partition coefficient (Wildman–Crippen LogP) is 1.67. The van der Waals surface area contributed by atoms with Crippen LogP contribution in [0.15, 0.2) is 30.3 Å². The van der Waals surface area contributed by atoms with E-state index < -0.39 is 11.2 Å². The summed E-state index contributed by atoms with van der Waals surface area (Å²) in [6, 6.07) is 9.21. The number of rotatable bonds is 3. The highest BCUT2D eigenvalue weighted by Crippen LogP contribution is 2.39. The van der Waals surface area contributed by atoms with Crippen molar-refractivity contribution in [1.29, 1.82) is 0 Å². The standard InChI is InChI=1S/C11H9NO3S2/c13-8(14)6-12-10(15)9(17-11(12)16)7-4-2-1-3-5-7/h1-5,9H,6H2,(H,13,14). The van der Waals surface area contributed by atoms with Crippen molar-refractivity contribution in [2.24, 2.45) is 0 Å². The number of amides is 1. The van der Waals surface area contributed by atoms with Gasteiger partial charge in [-0.3, -0.25) is 14.5 Å². The van der Waals surface area contributed by atoms with E-state index in [4.69, 9.17) is 17.3 Å². The van der Waals surface area contributed by atoms with Crippen LogP contribution >= 0.6 is 24.0 Å². The monoisotopic (exact) mass is 267 g/mol. The first-order valence-electron chi connectivity index (χ1n) is 4.88. The van der Waals surface area contributed by atoms with Crippen LogP contribution in [-0.2, 0) is 9.59 Å². The highest BCUT2D eigenvalue weighted by atomic mass is 32.2. The lowest BCUT2D eigenvalue weighted by molar-refractivity contribution is -0.141. The van der Waals surface area contributed by atoms with Crippen LogP contribution in [0, 0.1) is 0 Å². The maximum absolute atomic E-state index is 12.0. The molecule has 2 rings (SSSR count). The van der Waals surface area contributed by atoms with E-state index >= 15 is 0 Å². The summed E-state index contributed by atoms with van der Waals surface area (Å²) in [6.45, 7) is -0.367. The van der Waals surface area contributed by atoms with Crippen LogP contribution in [0.25, 0.3) is 0 Å². The third-order valence-electron chi connectivity index (χ3n) is 2.33. The smallest absolute Gasteiger partial charge is 0.323 e. The number of carboxylic acid groups (broad SMARTS) is 1. The van der Waals surface area contributed by atoms with Crippen LogP contribution < -0.4 is 0 Å². The SMILES string of the molecule is O=C(O)CN1C(=O)C(c2ccccc2)SC1=S. The first-order chi connectivity index (χ1) is 8.09. The number of hydrogen-bond donors (Lipinski definition) is 1. The van der Waals surface area contributed by atoms with Gasteiger partial charge >= 0.3 is 5.97 Å². The Morgan fingerprint density at radius 2 is 2.06 bits per heavy atom. The van der Waals surface area contributed by atoms with Crippen molar-refractivity contribution in [1.82, 2.24) is 4.90 Å². The zero-order valence-electron chi connectivity index (χ0n) is 8.70. The van der Waals surface area contributed by atoms with Gasteiger partial charge in [0.1, 0.15) is 16.1 Å². The number of carboxylic acids is 1. The second-order valence-corrected chi connectivity index (χ2v) is 5.23. The molecule has 0 bridgehead atoms. The molecule has 1 saturated heterocycles. The first kappa shape index (κ1) is 12.1. The summed E-state index contributed by atoms with van der Waals surface area (Å²) in [7, 11) is 0. The Hall–Kier alpha value is -1.40. The molecule has 1 N–H and O–H groups in total. The molecule has 17 heavy (non-hydrogen) atoms. The number of carbonyl (C=O) groups is 2. The zero-order chi connectivity index (χ0) is 12.4. The molecule has 1 unspecified atom stereocenters. The number of nitrogens with zero attached hydrogens (tertiary/aromatic N) is 1. The molecule has 6 heteroatoms. The van der Waals surface area contributed by atoms with E-state index in [1.807, 2.05) is 30.3 Å². The molecule has 0 saturated carbocycles. The van der Waals surface area contributed by atoms with Gasteiger partial charge in [0.25, 0.3) is 0 Å². The van der Waals surface area contributed by atoms with E-state index in [2.05, 4.69) is 0 Å². The molecule has 1 aromatic rings. The second kappa shape index (κ2) is 4.85. The van der Waals surface area contributed by atoms with Crippen molar-refractivity contribution in [3.63, 3.8) is 0 Å². The highest BCUT2D eigenvalue weighted by molar-refractivity contribution is 8.24. The Morgan fingerprint density at radius 3 is 2.65 bits per heavy atom. The third kappa shape index (κ3) is 2.48. The average molecular weight is 267 g/mol. The quantitative estimate of drug-likeness (QED) is 0.844. The molecular weight excluding hydrogens is 258 g/mol. The molecule has 0 aliphatic carbocycles. The Bertz CT molecular complexity index is 475. The molecular formula is C11H9NO3S2. The summed E-state index contributed by atoms with van der Waals surface area (Å²) < 4.78 is 0.325. The average Bonchev–Trinajstić information content (AvgIpc) is 2.58. The van der Waals surface area contributed by atoms with Crippen LogP contribution in [0.5, 0.6) is 0 Å². The topological polar surface area (TPSA) is 57.6 Å². The molecule has 1 aliphatic rings. The van der Waals surface area contributed by atoms with Crippen LogP contribution in [0.1, 0.15) is 10.8 Å². The molecule has 0 aromatic heterocycles. The van der Waals surface area contributed by atoms with Crippen LogP contribution in [0.2, 0.25) is 0 Å². The summed E-state index contributed by atoms with van der Waals surface area (Å²) in [5, 5.41) is 8.29. The van der Waals surface area contributed by atoms with Crippen molar-refractivity contribution in [3.05, 3.63) is 35.9 Å². The van der Waals surface area contributed by atoms with Gasteiger partial charge in [-0.15, -0.1) is 0 Å². The molecule has 88 valence electrons. The molecule has 1 aliphatic heterocycles. The lowest BCUT2D eigenvalue weighted by Gasteiger charge is -2.12. The lowest BCUT2D eigenvalue weighted by Crippen LogP contribution is -2.34. The van der Waals surface area contributed by atoms with Crippen molar-refractivity contribution in [2.75, 3.05) is 6.54 Å². The maximum atomic E-state index is 12.0. The van der Waals surface area contributed by atoms with Gasteiger partial charge in [0, 0.05) is 0 Å². The molecule has 0 spiro atoms. The van der Waals surface area contributed by atoms with E-state index in [9.17, 15) is 9.59 Å². The van der Waals surface area contributed by atoms with Crippen molar-refractivity contribution in [2.45, 2.75) is 5.25 Å². The number of hydrogen-bond acceptors (Lipinski definition) is 4. The zero-order valence-corrected chi connectivity index (χ0v) is 10.3. The molecule has 1 fully saturated rings. The summed E-state index contributed by atoms with van der Waals surface area (Å²) in [5.74, 6) is -1.32. The van der Waals surface area contributed by atoms with E-state index in [0.29, 0.717) is 4.32 Å². The molecule has 4 nitrogen and oxygen atoms in total. The molecule has 1 heterocycles. The fraction of sp³-hybridized carbons (Fsp3) is 0.182. The number of thioether (sulfide) groups is 1. The van der Waals surface area contributed by atoms with Crippen LogP contribution in [0.3, 0.4) is 0 Å². The Labute approximate surface area is 108 Å². The van der Waals surface area contributed by atoms with Gasteiger partial charge in [-0.1, -0.05) is 54.3 Å². The Kier molecular flexibility index (Phi) is 3.44. The molecule has 0 radical (unpaired) electrons. The van der Waals surface area contributed by atoms with Gasteiger partial charge in [0.15, 0.2) is 0 Å². The minimum atomic E-state index is -1.06. The molecule has 1 atom stereocenters. The minimum Gasteiger partial charge on any atom is -0.480 e. The molecule has 1 amide bonds. The summed E-state index contributed by atoms with van der Waals surface area (Å²) >= 11 is 6.24. The van der Waals surface area contributed by atoms with E-state index in [-0.39, 0.29) is 12.5 Å². The maximum Gasteiger partial charge on any atom is 0.323 e. The summed E-state index contributed by atoms with van der Waals surface area (Å²) in [6.07, 6.45) is 0. The van der Waals surface area contributed by atoms with Crippen molar-refractivity contribution < 1.29 is 14.7 Å². The first-order valence-corrected chi connectivity index (χ1v) is 6.17. The predicted molar refractivity (Wildman–Crippen MR) is 68.7 cm³/mol. The van der Waals surface area contributed by atoms with Gasteiger partial charge in [-0.25, -0.2) is 0 Å². The van der Waals surface area contributed by atoms with E-state index in [1.54, 1.807) is 0 Å². The Morgan fingerprint density at radius 1 is 1.41 bits per heavy atom. The number of aliphatic carboxylic acids is 1. The van der Waals surface area contributed by atoms with Crippen LogP contribution in [0.4, 0.5) is 0 Å². The van der Waals surface area contributed by atoms with Crippen LogP contribution in [-0.4, -0.2) is 32.7 Å².